The van der Waals surface area contributed by atoms with Crippen LogP contribution < -0.4 is 0 Å². The number of hydrogen-bond donors (Lipinski definition) is 0. The van der Waals surface area contributed by atoms with E-state index < -0.39 is 0 Å². The van der Waals surface area contributed by atoms with Crippen molar-refractivity contribution in [1.29, 1.82) is 0 Å². The molecule has 1 aromatic heterocycles. The van der Waals surface area contributed by atoms with Crippen LogP contribution in [0.4, 0.5) is 0 Å². The van der Waals surface area contributed by atoms with Gasteiger partial charge in [0.1, 0.15) is 5.15 Å². The monoisotopic (exact) mass is 287 g/mol. The lowest BCUT2D eigenvalue weighted by Gasteiger charge is -2.22. The number of aromatic nitrogens is 2. The fraction of sp³-hybridized carbons (Fsp3) is 0.769. The molecule has 3 nitrogen and oxygen atoms in total. The molecular weight excluding hydrogens is 266 g/mol. The van der Waals surface area contributed by atoms with Crippen molar-refractivity contribution in [3.05, 3.63) is 16.4 Å². The molecular formula is C13H22ClN3S. The van der Waals surface area contributed by atoms with Crippen molar-refractivity contribution in [2.24, 2.45) is 7.05 Å². The second-order valence-electron chi connectivity index (χ2n) is 5.61. The van der Waals surface area contributed by atoms with Gasteiger partial charge in [0.2, 0.25) is 0 Å². The highest BCUT2D eigenvalue weighted by atomic mass is 35.5. The Balaban J connectivity index is 2.05. The summed E-state index contributed by atoms with van der Waals surface area (Å²) in [6, 6.07) is 0. The number of aryl methyl sites for hydroxylation is 2. The van der Waals surface area contributed by atoms with Gasteiger partial charge >= 0.3 is 0 Å². The molecule has 0 spiro atoms. The lowest BCUT2D eigenvalue weighted by atomic mass is 10.1. The van der Waals surface area contributed by atoms with Crippen molar-refractivity contribution in [2.45, 2.75) is 38.5 Å². The zero-order valence-electron chi connectivity index (χ0n) is 11.7. The summed E-state index contributed by atoms with van der Waals surface area (Å²) in [5, 5.41) is 5.16. The summed E-state index contributed by atoms with van der Waals surface area (Å²) in [6.07, 6.45) is 1.23. The minimum absolute atomic E-state index is 0.405. The molecule has 0 saturated carbocycles. The van der Waals surface area contributed by atoms with E-state index in [-0.39, 0.29) is 0 Å². The van der Waals surface area contributed by atoms with Gasteiger partial charge in [-0.05, 0) is 19.9 Å². The Hall–Kier alpha value is -0.190. The molecule has 0 radical (unpaired) electrons. The molecule has 0 bridgehead atoms. The van der Waals surface area contributed by atoms with Gasteiger partial charge in [-0.25, -0.2) is 0 Å². The van der Waals surface area contributed by atoms with Gasteiger partial charge in [0.05, 0.1) is 5.69 Å². The Kier molecular flexibility index (Phi) is 4.29. The summed E-state index contributed by atoms with van der Waals surface area (Å²) in [6.45, 7) is 9.92. The molecule has 0 atom stereocenters. The molecule has 0 aromatic carbocycles. The first-order valence-corrected chi connectivity index (χ1v) is 7.80. The lowest BCUT2D eigenvalue weighted by Crippen LogP contribution is -2.27. The predicted octanol–water partition coefficient (Wildman–Crippen LogP) is 3.10. The minimum atomic E-state index is 0.405. The highest BCUT2D eigenvalue weighted by molar-refractivity contribution is 8.00. The van der Waals surface area contributed by atoms with Gasteiger partial charge < -0.3 is 0 Å². The Morgan fingerprint density at radius 2 is 2.11 bits per heavy atom. The first-order chi connectivity index (χ1) is 8.39. The first kappa shape index (κ1) is 14.2. The molecule has 1 aromatic rings. The largest absolute Gasteiger partial charge is 0.298 e. The third kappa shape index (κ3) is 3.22. The summed E-state index contributed by atoms with van der Waals surface area (Å²) in [5.74, 6) is 1.20. The van der Waals surface area contributed by atoms with Crippen LogP contribution in [0.1, 0.15) is 31.5 Å². The zero-order valence-corrected chi connectivity index (χ0v) is 13.2. The Morgan fingerprint density at radius 3 is 2.72 bits per heavy atom. The van der Waals surface area contributed by atoms with Crippen molar-refractivity contribution in [1.82, 2.24) is 14.7 Å². The molecule has 0 aliphatic carbocycles. The topological polar surface area (TPSA) is 21.1 Å². The van der Waals surface area contributed by atoms with Gasteiger partial charge in [-0.3, -0.25) is 9.58 Å². The van der Waals surface area contributed by atoms with E-state index in [1.165, 1.54) is 17.7 Å². The van der Waals surface area contributed by atoms with Crippen LogP contribution in [0, 0.1) is 6.92 Å². The maximum absolute atomic E-state index is 6.30. The van der Waals surface area contributed by atoms with Crippen molar-refractivity contribution in [2.75, 3.05) is 18.8 Å². The van der Waals surface area contributed by atoms with Gasteiger partial charge in [-0.1, -0.05) is 25.4 Å². The van der Waals surface area contributed by atoms with Crippen molar-refractivity contribution < 1.29 is 0 Å². The van der Waals surface area contributed by atoms with E-state index in [2.05, 4.69) is 35.6 Å². The quantitative estimate of drug-likeness (QED) is 0.834. The van der Waals surface area contributed by atoms with Crippen molar-refractivity contribution in [3.63, 3.8) is 0 Å². The predicted molar refractivity (Wildman–Crippen MR) is 79.4 cm³/mol. The van der Waals surface area contributed by atoms with E-state index in [1.807, 2.05) is 14.0 Å². The third-order valence-corrected chi connectivity index (χ3v) is 5.43. The van der Waals surface area contributed by atoms with Gasteiger partial charge in [-0.2, -0.15) is 16.9 Å². The summed E-state index contributed by atoms with van der Waals surface area (Å²) in [4.78, 5) is 2.50. The molecule has 0 unspecified atom stereocenters. The molecule has 1 aliphatic rings. The molecule has 0 N–H and O–H groups in total. The SMILES string of the molecule is Cc1nn(C)c(Cl)c1CN1CCSC(C)(C)CC1. The summed E-state index contributed by atoms with van der Waals surface area (Å²) >= 11 is 8.37. The van der Waals surface area contributed by atoms with E-state index in [0.717, 1.165) is 30.5 Å². The van der Waals surface area contributed by atoms with Crippen molar-refractivity contribution >= 4 is 23.4 Å². The summed E-state index contributed by atoms with van der Waals surface area (Å²) < 4.78 is 2.17. The zero-order chi connectivity index (χ0) is 13.3. The Bertz CT molecular complexity index is 428. The van der Waals surface area contributed by atoms with Crippen LogP contribution in [0.2, 0.25) is 5.15 Å². The highest BCUT2D eigenvalue weighted by Gasteiger charge is 2.24. The fourth-order valence-electron chi connectivity index (χ4n) is 2.30. The van der Waals surface area contributed by atoms with Crippen LogP contribution in [-0.2, 0) is 13.6 Å². The average molecular weight is 288 g/mol. The van der Waals surface area contributed by atoms with Crippen LogP contribution in [0.15, 0.2) is 0 Å². The number of rotatable bonds is 2. The number of nitrogens with zero attached hydrogens (tertiary/aromatic N) is 3. The van der Waals surface area contributed by atoms with E-state index in [0.29, 0.717) is 4.75 Å². The fourth-order valence-corrected chi connectivity index (χ4v) is 3.67. The third-order valence-electron chi connectivity index (χ3n) is 3.58. The minimum Gasteiger partial charge on any atom is -0.298 e. The van der Waals surface area contributed by atoms with Crippen LogP contribution in [0.3, 0.4) is 0 Å². The van der Waals surface area contributed by atoms with Crippen LogP contribution in [0.25, 0.3) is 0 Å². The molecule has 18 heavy (non-hydrogen) atoms. The average Bonchev–Trinajstić information content (AvgIpc) is 2.46. The molecule has 0 amide bonds. The van der Waals surface area contributed by atoms with Crippen molar-refractivity contribution in [3.8, 4) is 0 Å². The molecule has 2 heterocycles. The van der Waals surface area contributed by atoms with Gasteiger partial charge in [0.25, 0.3) is 0 Å². The normalized spacial score (nSPS) is 20.9. The second-order valence-corrected chi connectivity index (χ2v) is 7.77. The number of hydrogen-bond acceptors (Lipinski definition) is 3. The molecule has 1 fully saturated rings. The Labute approximate surface area is 119 Å². The van der Waals surface area contributed by atoms with E-state index >= 15 is 0 Å². The molecule has 2 rings (SSSR count). The summed E-state index contributed by atoms with van der Waals surface area (Å²) in [5.41, 5.74) is 2.24. The van der Waals surface area contributed by atoms with Crippen LogP contribution >= 0.6 is 23.4 Å². The highest BCUT2D eigenvalue weighted by Crippen LogP contribution is 2.31. The number of thioether (sulfide) groups is 1. The maximum atomic E-state index is 6.30. The van der Waals surface area contributed by atoms with Gasteiger partial charge in [0, 0.05) is 36.2 Å². The van der Waals surface area contributed by atoms with E-state index in [1.54, 1.807) is 4.68 Å². The van der Waals surface area contributed by atoms with Gasteiger partial charge in [0.15, 0.2) is 0 Å². The first-order valence-electron chi connectivity index (χ1n) is 6.43. The standard InChI is InChI=1S/C13H22ClN3S/c1-10-11(12(14)16(4)15-10)9-17-6-5-13(2,3)18-8-7-17/h5-9H2,1-4H3. The molecule has 1 saturated heterocycles. The maximum Gasteiger partial charge on any atom is 0.131 e. The van der Waals surface area contributed by atoms with Crippen LogP contribution in [-0.4, -0.2) is 38.3 Å². The van der Waals surface area contributed by atoms with E-state index in [9.17, 15) is 0 Å². The van der Waals surface area contributed by atoms with Gasteiger partial charge in [-0.15, -0.1) is 0 Å². The lowest BCUT2D eigenvalue weighted by molar-refractivity contribution is 0.276. The van der Waals surface area contributed by atoms with E-state index in [4.69, 9.17) is 11.6 Å². The molecule has 102 valence electrons. The Morgan fingerprint density at radius 1 is 1.39 bits per heavy atom. The summed E-state index contributed by atoms with van der Waals surface area (Å²) in [7, 11) is 1.90. The molecule has 1 aliphatic heterocycles. The smallest absolute Gasteiger partial charge is 0.131 e. The number of halogens is 1. The molecule has 5 heteroatoms. The van der Waals surface area contributed by atoms with Crippen LogP contribution in [0.5, 0.6) is 0 Å². The second kappa shape index (κ2) is 5.43.